The van der Waals surface area contributed by atoms with Gasteiger partial charge in [-0.25, -0.2) is 18.4 Å². The third kappa shape index (κ3) is 4.28. The molecule has 5 rings (SSSR count). The van der Waals surface area contributed by atoms with Gasteiger partial charge in [-0.3, -0.25) is 9.59 Å². The van der Waals surface area contributed by atoms with Crippen LogP contribution in [0.15, 0.2) is 47.3 Å². The number of nitrogens with zero attached hydrogens (tertiary/aromatic N) is 5. The molecule has 2 aromatic heterocycles. The lowest BCUT2D eigenvalue weighted by atomic mass is 9.96. The van der Waals surface area contributed by atoms with Crippen LogP contribution in [-0.2, 0) is 6.54 Å². The van der Waals surface area contributed by atoms with Crippen molar-refractivity contribution in [2.45, 2.75) is 25.3 Å². The first-order valence-corrected chi connectivity index (χ1v) is 11.1. The number of carbonyl (C=O) groups excluding carboxylic acids is 1. The second kappa shape index (κ2) is 8.94. The molecular formula is C23H19ClF2N6O2. The average Bonchev–Trinajstić information content (AvgIpc) is 3.22. The number of likely N-dealkylation sites (tertiary alicyclic amines) is 1. The molecule has 8 nitrogen and oxygen atoms in total. The van der Waals surface area contributed by atoms with E-state index in [-0.39, 0.29) is 23.5 Å². The maximum Gasteiger partial charge on any atom is 0.281 e. The Morgan fingerprint density at radius 2 is 2.06 bits per heavy atom. The fourth-order valence-electron chi connectivity index (χ4n) is 4.21. The molecule has 1 N–H and O–H groups in total. The molecule has 0 saturated carbocycles. The van der Waals surface area contributed by atoms with Crippen molar-refractivity contribution in [3.63, 3.8) is 0 Å². The van der Waals surface area contributed by atoms with Crippen molar-refractivity contribution in [1.82, 2.24) is 29.9 Å². The zero-order chi connectivity index (χ0) is 23.8. The van der Waals surface area contributed by atoms with E-state index in [0.29, 0.717) is 48.5 Å². The van der Waals surface area contributed by atoms with Crippen molar-refractivity contribution in [3.8, 4) is 0 Å². The minimum absolute atomic E-state index is 0.114. The van der Waals surface area contributed by atoms with Gasteiger partial charge < -0.3 is 9.88 Å². The summed E-state index contributed by atoms with van der Waals surface area (Å²) < 4.78 is 28.9. The number of fused-ring (bicyclic) bond motifs is 1. The van der Waals surface area contributed by atoms with Crippen LogP contribution in [0.25, 0.3) is 11.2 Å². The molecule has 34 heavy (non-hydrogen) atoms. The molecule has 2 aromatic carbocycles. The van der Waals surface area contributed by atoms with E-state index in [4.69, 9.17) is 11.6 Å². The van der Waals surface area contributed by atoms with E-state index >= 15 is 0 Å². The van der Waals surface area contributed by atoms with Gasteiger partial charge >= 0.3 is 0 Å². The SMILES string of the molecule is O=C(c1ccc(F)cc1F)N1CCC[C@H](c2nc3c(nnn3Cc3cccc(Cl)c3)c(=O)[nH]2)C1. The molecule has 0 unspecified atom stereocenters. The Labute approximate surface area is 197 Å². The van der Waals surface area contributed by atoms with Crippen LogP contribution < -0.4 is 5.56 Å². The van der Waals surface area contributed by atoms with Crippen LogP contribution in [0, 0.1) is 11.6 Å². The molecule has 1 aliphatic rings. The van der Waals surface area contributed by atoms with Crippen LogP contribution in [0.5, 0.6) is 0 Å². The van der Waals surface area contributed by atoms with Crippen molar-refractivity contribution in [1.29, 1.82) is 0 Å². The summed E-state index contributed by atoms with van der Waals surface area (Å²) in [5.41, 5.74) is 0.696. The van der Waals surface area contributed by atoms with Gasteiger partial charge in [0.25, 0.3) is 11.5 Å². The van der Waals surface area contributed by atoms with Gasteiger partial charge in [0.2, 0.25) is 0 Å². The van der Waals surface area contributed by atoms with Crippen LogP contribution in [0.1, 0.15) is 40.5 Å². The quantitative estimate of drug-likeness (QED) is 0.478. The molecule has 0 aliphatic carbocycles. The molecule has 174 valence electrons. The lowest BCUT2D eigenvalue weighted by Crippen LogP contribution is -2.40. The number of aromatic amines is 1. The zero-order valence-electron chi connectivity index (χ0n) is 17.8. The molecule has 0 bridgehead atoms. The van der Waals surface area contributed by atoms with E-state index in [0.717, 1.165) is 17.7 Å². The van der Waals surface area contributed by atoms with Gasteiger partial charge in [-0.1, -0.05) is 28.9 Å². The number of rotatable bonds is 4. The molecule has 1 atom stereocenters. The predicted octanol–water partition coefficient (Wildman–Crippen LogP) is 3.51. The second-order valence-electron chi connectivity index (χ2n) is 8.21. The molecule has 3 heterocycles. The summed E-state index contributed by atoms with van der Waals surface area (Å²) in [6.07, 6.45) is 1.32. The van der Waals surface area contributed by atoms with Crippen molar-refractivity contribution >= 4 is 28.7 Å². The Kier molecular flexibility index (Phi) is 5.82. The topological polar surface area (TPSA) is 96.8 Å². The molecule has 1 fully saturated rings. The maximum atomic E-state index is 14.1. The lowest BCUT2D eigenvalue weighted by Gasteiger charge is -2.32. The Morgan fingerprint density at radius 3 is 2.85 bits per heavy atom. The lowest BCUT2D eigenvalue weighted by molar-refractivity contribution is 0.0699. The number of aromatic nitrogens is 5. The van der Waals surface area contributed by atoms with Gasteiger partial charge in [0.15, 0.2) is 11.2 Å². The smallest absolute Gasteiger partial charge is 0.281 e. The highest BCUT2D eigenvalue weighted by Crippen LogP contribution is 2.26. The fraction of sp³-hybridized carbons (Fsp3) is 0.261. The normalized spacial score (nSPS) is 16.2. The Balaban J connectivity index is 1.43. The van der Waals surface area contributed by atoms with Crippen molar-refractivity contribution in [2.24, 2.45) is 0 Å². The number of nitrogens with one attached hydrogen (secondary N) is 1. The van der Waals surface area contributed by atoms with Crippen LogP contribution in [0.2, 0.25) is 5.02 Å². The number of H-pyrrole nitrogens is 1. The maximum absolute atomic E-state index is 14.1. The summed E-state index contributed by atoms with van der Waals surface area (Å²) in [6, 6.07) is 10.1. The monoisotopic (exact) mass is 484 g/mol. The van der Waals surface area contributed by atoms with Crippen molar-refractivity contribution < 1.29 is 13.6 Å². The summed E-state index contributed by atoms with van der Waals surface area (Å²) in [7, 11) is 0. The van der Waals surface area contributed by atoms with Gasteiger partial charge in [0, 0.05) is 30.1 Å². The van der Waals surface area contributed by atoms with Crippen LogP contribution in [-0.4, -0.2) is 48.9 Å². The molecule has 1 saturated heterocycles. The predicted molar refractivity (Wildman–Crippen MR) is 121 cm³/mol. The number of halogens is 3. The van der Waals surface area contributed by atoms with Gasteiger partial charge in [0.1, 0.15) is 17.5 Å². The molecule has 1 amide bonds. The van der Waals surface area contributed by atoms with Crippen LogP contribution >= 0.6 is 11.6 Å². The van der Waals surface area contributed by atoms with E-state index in [9.17, 15) is 18.4 Å². The minimum Gasteiger partial charge on any atom is -0.338 e. The summed E-state index contributed by atoms with van der Waals surface area (Å²) in [6.45, 7) is 0.985. The summed E-state index contributed by atoms with van der Waals surface area (Å²) in [5, 5.41) is 8.61. The van der Waals surface area contributed by atoms with Crippen molar-refractivity contribution in [2.75, 3.05) is 13.1 Å². The second-order valence-corrected chi connectivity index (χ2v) is 8.65. The fourth-order valence-corrected chi connectivity index (χ4v) is 4.42. The number of amides is 1. The van der Waals surface area contributed by atoms with E-state index in [1.165, 1.54) is 9.58 Å². The number of piperidine rings is 1. The van der Waals surface area contributed by atoms with Gasteiger partial charge in [0.05, 0.1) is 12.1 Å². The first-order valence-electron chi connectivity index (χ1n) is 10.7. The highest BCUT2D eigenvalue weighted by molar-refractivity contribution is 6.30. The molecule has 1 aliphatic heterocycles. The minimum atomic E-state index is -0.906. The third-order valence-electron chi connectivity index (χ3n) is 5.87. The highest BCUT2D eigenvalue weighted by Gasteiger charge is 2.29. The van der Waals surface area contributed by atoms with Crippen LogP contribution in [0.4, 0.5) is 8.78 Å². The first kappa shape index (κ1) is 22.1. The highest BCUT2D eigenvalue weighted by atomic mass is 35.5. The summed E-state index contributed by atoms with van der Waals surface area (Å²) in [4.78, 5) is 34.4. The standard InChI is InChI=1S/C23H19ClF2N6O2/c24-15-5-1-3-13(9-15)11-32-21-19(29-30-32)22(33)28-20(27-21)14-4-2-8-31(12-14)23(34)17-7-6-16(25)10-18(17)26/h1,3,5-7,9-10,14H,2,4,8,11-12H2,(H,27,28,33)/t14-/m0/s1. The molecule has 0 spiro atoms. The van der Waals surface area contributed by atoms with Gasteiger partial charge in [-0.2, -0.15) is 0 Å². The molecule has 4 aromatic rings. The van der Waals surface area contributed by atoms with E-state index in [1.54, 1.807) is 12.1 Å². The Bertz CT molecular complexity index is 1450. The largest absolute Gasteiger partial charge is 0.338 e. The molecular weight excluding hydrogens is 466 g/mol. The van der Waals surface area contributed by atoms with Gasteiger partial charge in [-0.05, 0) is 42.7 Å². The summed E-state index contributed by atoms with van der Waals surface area (Å²) in [5.74, 6) is -2.05. The summed E-state index contributed by atoms with van der Waals surface area (Å²) >= 11 is 6.07. The molecule has 0 radical (unpaired) electrons. The van der Waals surface area contributed by atoms with E-state index in [1.807, 2.05) is 12.1 Å². The number of carbonyl (C=O) groups is 1. The number of hydrogen-bond acceptors (Lipinski definition) is 5. The van der Waals surface area contributed by atoms with Crippen LogP contribution in [0.3, 0.4) is 0 Å². The number of hydrogen-bond donors (Lipinski definition) is 1. The third-order valence-corrected chi connectivity index (χ3v) is 6.11. The molecule has 11 heteroatoms. The number of benzene rings is 2. The van der Waals surface area contributed by atoms with E-state index in [2.05, 4.69) is 20.3 Å². The Hall–Kier alpha value is -3.66. The van der Waals surface area contributed by atoms with Gasteiger partial charge in [-0.15, -0.1) is 5.10 Å². The Morgan fingerprint density at radius 1 is 1.21 bits per heavy atom. The zero-order valence-corrected chi connectivity index (χ0v) is 18.6. The van der Waals surface area contributed by atoms with Crippen molar-refractivity contribution in [3.05, 3.63) is 86.4 Å². The average molecular weight is 485 g/mol. The first-order chi connectivity index (χ1) is 16.4. The van der Waals surface area contributed by atoms with E-state index < -0.39 is 23.1 Å².